The number of hydrogen-bond donors (Lipinski definition) is 2. The monoisotopic (exact) mass is 396 g/mol. The smallest absolute Gasteiger partial charge is 0.256 e. The maximum atomic E-state index is 12.6. The van der Waals surface area contributed by atoms with Crippen LogP contribution in [0.15, 0.2) is 52.3 Å². The van der Waals surface area contributed by atoms with E-state index in [0.29, 0.717) is 12.0 Å². The highest BCUT2D eigenvalue weighted by Gasteiger charge is 2.21. The van der Waals surface area contributed by atoms with Crippen LogP contribution in [0.2, 0.25) is 0 Å². The van der Waals surface area contributed by atoms with Gasteiger partial charge in [0.25, 0.3) is 5.91 Å². The van der Waals surface area contributed by atoms with Crippen molar-refractivity contribution < 1.29 is 21.6 Å². The van der Waals surface area contributed by atoms with Gasteiger partial charge in [0.1, 0.15) is 0 Å². The van der Waals surface area contributed by atoms with Crippen molar-refractivity contribution in [3.63, 3.8) is 0 Å². The summed E-state index contributed by atoms with van der Waals surface area (Å²) in [6, 6.07) is 10.2. The number of sulfonamides is 1. The minimum atomic E-state index is -3.95. The third-order valence-corrected chi connectivity index (χ3v) is 6.64. The predicted molar refractivity (Wildman–Crippen MR) is 99.3 cm³/mol. The average Bonchev–Trinajstić information content (AvgIpc) is 2.61. The Kier molecular flexibility index (Phi) is 5.84. The molecule has 2 aromatic carbocycles. The van der Waals surface area contributed by atoms with Gasteiger partial charge in [-0.25, -0.2) is 22.0 Å². The average molecular weight is 396 g/mol. The van der Waals surface area contributed by atoms with Crippen LogP contribution in [0.3, 0.4) is 0 Å². The number of benzene rings is 2. The molecule has 0 spiro atoms. The lowest BCUT2D eigenvalue weighted by molar-refractivity contribution is 0.102. The first kappa shape index (κ1) is 20.1. The van der Waals surface area contributed by atoms with Gasteiger partial charge in [-0.2, -0.15) is 0 Å². The number of nitrogens with one attached hydrogen (secondary N) is 1. The Bertz CT molecular complexity index is 1040. The molecule has 3 N–H and O–H groups in total. The summed E-state index contributed by atoms with van der Waals surface area (Å²) in [5, 5.41) is 7.76. The molecule has 7 nitrogen and oxygen atoms in total. The molecule has 2 aromatic rings. The molecule has 0 radical (unpaired) electrons. The summed E-state index contributed by atoms with van der Waals surface area (Å²) in [7, 11) is -7.54. The maximum absolute atomic E-state index is 12.6. The number of carbonyl (C=O) groups excluding carboxylic acids is 1. The quantitative estimate of drug-likeness (QED) is 0.772. The zero-order valence-corrected chi connectivity index (χ0v) is 16.0. The standard InChI is InChI=1S/C17H20N2O5S2/c1-3-12-9-10-13(11-16(12)26(18,23)24)19-17(20)14-7-5-6-8-15(14)25(21,22)4-2/h5-11H,3-4H2,1-2H3,(H,19,20)(H2,18,23,24). The zero-order chi connectivity index (χ0) is 19.5. The highest BCUT2D eigenvalue weighted by atomic mass is 32.2. The molecule has 0 saturated heterocycles. The molecule has 26 heavy (non-hydrogen) atoms. The molecule has 0 bridgehead atoms. The van der Waals surface area contributed by atoms with Gasteiger partial charge in [0.05, 0.1) is 21.1 Å². The second-order valence-corrected chi connectivity index (χ2v) is 9.35. The fourth-order valence-electron chi connectivity index (χ4n) is 2.47. The summed E-state index contributed by atoms with van der Waals surface area (Å²) in [5.41, 5.74) is 0.727. The van der Waals surface area contributed by atoms with E-state index >= 15 is 0 Å². The van der Waals surface area contributed by atoms with Gasteiger partial charge in [-0.05, 0) is 36.2 Å². The van der Waals surface area contributed by atoms with Crippen molar-refractivity contribution in [3.05, 3.63) is 53.6 Å². The van der Waals surface area contributed by atoms with Crippen LogP contribution in [-0.2, 0) is 26.3 Å². The van der Waals surface area contributed by atoms with Gasteiger partial charge < -0.3 is 5.32 Å². The molecule has 140 valence electrons. The predicted octanol–water partition coefficient (Wildman–Crippen LogP) is 1.94. The number of hydrogen-bond acceptors (Lipinski definition) is 5. The van der Waals surface area contributed by atoms with Crippen LogP contribution in [0.1, 0.15) is 29.8 Å². The largest absolute Gasteiger partial charge is 0.322 e. The fourth-order valence-corrected chi connectivity index (χ4v) is 4.43. The summed E-state index contributed by atoms with van der Waals surface area (Å²) < 4.78 is 47.8. The van der Waals surface area contributed by atoms with Gasteiger partial charge in [0, 0.05) is 5.69 Å². The van der Waals surface area contributed by atoms with Crippen LogP contribution in [-0.4, -0.2) is 28.5 Å². The van der Waals surface area contributed by atoms with Crippen molar-refractivity contribution >= 4 is 31.5 Å². The summed E-state index contributed by atoms with van der Waals surface area (Å²) in [6.07, 6.45) is 0.456. The van der Waals surface area contributed by atoms with Crippen molar-refractivity contribution in [2.45, 2.75) is 30.1 Å². The molecular formula is C17H20N2O5S2. The molecule has 0 heterocycles. The summed E-state index contributed by atoms with van der Waals surface area (Å²) in [6.45, 7) is 3.28. The Hall–Kier alpha value is -2.23. The third kappa shape index (κ3) is 4.29. The molecule has 0 aromatic heterocycles. The van der Waals surface area contributed by atoms with Gasteiger partial charge in [-0.15, -0.1) is 0 Å². The number of aryl methyl sites for hydroxylation is 1. The fraction of sp³-hybridized carbons (Fsp3) is 0.235. The first-order valence-corrected chi connectivity index (χ1v) is 11.1. The molecule has 0 atom stereocenters. The van der Waals surface area contributed by atoms with E-state index in [1.807, 2.05) is 0 Å². The van der Waals surface area contributed by atoms with E-state index in [4.69, 9.17) is 5.14 Å². The summed E-state index contributed by atoms with van der Waals surface area (Å²) in [4.78, 5) is 12.4. The lowest BCUT2D eigenvalue weighted by atomic mass is 10.1. The Morgan fingerprint density at radius 3 is 2.23 bits per heavy atom. The van der Waals surface area contributed by atoms with E-state index in [9.17, 15) is 21.6 Å². The van der Waals surface area contributed by atoms with Crippen LogP contribution in [0.25, 0.3) is 0 Å². The van der Waals surface area contributed by atoms with Gasteiger partial charge >= 0.3 is 0 Å². The van der Waals surface area contributed by atoms with E-state index in [1.54, 1.807) is 25.1 Å². The highest BCUT2D eigenvalue weighted by Crippen LogP contribution is 2.22. The Balaban J connectivity index is 2.44. The van der Waals surface area contributed by atoms with Crippen LogP contribution in [0.4, 0.5) is 5.69 Å². The lowest BCUT2D eigenvalue weighted by Gasteiger charge is -2.12. The van der Waals surface area contributed by atoms with E-state index < -0.39 is 25.8 Å². The number of sulfone groups is 1. The van der Waals surface area contributed by atoms with Crippen LogP contribution in [0.5, 0.6) is 0 Å². The minimum Gasteiger partial charge on any atom is -0.322 e. The van der Waals surface area contributed by atoms with E-state index in [-0.39, 0.29) is 26.8 Å². The number of amides is 1. The minimum absolute atomic E-state index is 0.00827. The van der Waals surface area contributed by atoms with Crippen LogP contribution >= 0.6 is 0 Å². The number of anilines is 1. The molecule has 0 fully saturated rings. The van der Waals surface area contributed by atoms with Crippen LogP contribution < -0.4 is 10.5 Å². The normalized spacial score (nSPS) is 12.0. The Morgan fingerprint density at radius 1 is 1.00 bits per heavy atom. The molecule has 0 unspecified atom stereocenters. The zero-order valence-electron chi connectivity index (χ0n) is 14.4. The highest BCUT2D eigenvalue weighted by molar-refractivity contribution is 7.91. The number of nitrogens with two attached hydrogens (primary N) is 1. The molecule has 0 saturated carbocycles. The van der Waals surface area contributed by atoms with Crippen molar-refractivity contribution in [2.75, 3.05) is 11.1 Å². The molecule has 1 amide bonds. The lowest BCUT2D eigenvalue weighted by Crippen LogP contribution is -2.18. The molecule has 9 heteroatoms. The first-order chi connectivity index (χ1) is 12.1. The number of rotatable bonds is 6. The van der Waals surface area contributed by atoms with E-state index in [2.05, 4.69) is 5.32 Å². The van der Waals surface area contributed by atoms with Crippen molar-refractivity contribution in [2.24, 2.45) is 5.14 Å². The molecular weight excluding hydrogens is 376 g/mol. The van der Waals surface area contributed by atoms with Crippen molar-refractivity contribution in [3.8, 4) is 0 Å². The molecule has 0 aliphatic heterocycles. The van der Waals surface area contributed by atoms with Crippen LogP contribution in [0, 0.1) is 0 Å². The topological polar surface area (TPSA) is 123 Å². The van der Waals surface area contributed by atoms with E-state index in [1.165, 1.54) is 31.2 Å². The molecule has 0 aliphatic rings. The van der Waals surface area contributed by atoms with Gasteiger partial charge in [-0.3, -0.25) is 4.79 Å². The van der Waals surface area contributed by atoms with Crippen molar-refractivity contribution in [1.82, 2.24) is 0 Å². The SMILES string of the molecule is CCc1ccc(NC(=O)c2ccccc2S(=O)(=O)CC)cc1S(N)(=O)=O. The molecule has 2 rings (SSSR count). The number of carbonyl (C=O) groups is 1. The Labute approximate surface area is 153 Å². The number of primary sulfonamides is 1. The first-order valence-electron chi connectivity index (χ1n) is 7.89. The summed E-state index contributed by atoms with van der Waals surface area (Å²) >= 11 is 0. The van der Waals surface area contributed by atoms with Gasteiger partial charge in [0.15, 0.2) is 9.84 Å². The maximum Gasteiger partial charge on any atom is 0.256 e. The summed E-state index contributed by atoms with van der Waals surface area (Å²) in [5.74, 6) is -0.792. The molecule has 0 aliphatic carbocycles. The van der Waals surface area contributed by atoms with E-state index in [0.717, 1.165) is 0 Å². The van der Waals surface area contributed by atoms with Gasteiger partial charge in [0.2, 0.25) is 10.0 Å². The second kappa shape index (κ2) is 7.56. The van der Waals surface area contributed by atoms with Crippen molar-refractivity contribution in [1.29, 1.82) is 0 Å². The van der Waals surface area contributed by atoms with Gasteiger partial charge in [-0.1, -0.05) is 32.0 Å². The third-order valence-electron chi connectivity index (χ3n) is 3.86. The Morgan fingerprint density at radius 2 is 1.65 bits per heavy atom. The second-order valence-electron chi connectivity index (χ2n) is 5.57.